The molecule has 3 amide bonds. The van der Waals surface area contributed by atoms with E-state index in [1.165, 1.54) is 10.5 Å². The van der Waals surface area contributed by atoms with Crippen LogP contribution < -0.4 is 15.8 Å². The number of carbonyl (C=O) groups excluding carboxylic acids is 2. The molecule has 2 fully saturated rings. The first-order valence-electron chi connectivity index (χ1n) is 11.7. The summed E-state index contributed by atoms with van der Waals surface area (Å²) in [4.78, 5) is 47.7. The number of piperidine rings is 1. The summed E-state index contributed by atoms with van der Waals surface area (Å²) in [6.07, 6.45) is 4.88. The number of carbonyl (C=O) groups is 2. The van der Waals surface area contributed by atoms with E-state index in [0.29, 0.717) is 36.8 Å². The number of rotatable bonds is 6. The number of hydrogen-bond donors (Lipinski definition) is 3. The Morgan fingerprint density at radius 3 is 2.44 bits per heavy atom. The lowest BCUT2D eigenvalue weighted by molar-refractivity contribution is 0.0678. The maximum atomic E-state index is 12.6. The fourth-order valence-electron chi connectivity index (χ4n) is 4.42. The van der Waals surface area contributed by atoms with Gasteiger partial charge in [0.15, 0.2) is 0 Å². The SMILES string of the molecule is O=C(NCc1[nH]c(=O)n(OC(=O)N2CCC(CCc3ccc(Cl)cc3)CC2)c1O)N1CCCC1. The quantitative estimate of drug-likeness (QED) is 0.574. The van der Waals surface area contributed by atoms with E-state index < -0.39 is 17.7 Å². The number of amides is 3. The first kappa shape index (κ1) is 24.0. The van der Waals surface area contributed by atoms with Crippen molar-refractivity contribution >= 4 is 23.7 Å². The number of halogens is 1. The van der Waals surface area contributed by atoms with Gasteiger partial charge in [-0.25, -0.2) is 14.4 Å². The third-order valence-corrected chi connectivity index (χ3v) is 6.76. The minimum atomic E-state index is -0.783. The summed E-state index contributed by atoms with van der Waals surface area (Å²) < 4.78 is 0.534. The Balaban J connectivity index is 1.24. The number of H-pyrrole nitrogens is 1. The van der Waals surface area contributed by atoms with E-state index in [-0.39, 0.29) is 18.3 Å². The van der Waals surface area contributed by atoms with Crippen LogP contribution in [0.1, 0.15) is 43.4 Å². The van der Waals surface area contributed by atoms with Crippen molar-refractivity contribution in [3.8, 4) is 5.88 Å². The number of likely N-dealkylation sites (tertiary alicyclic amines) is 2. The van der Waals surface area contributed by atoms with Gasteiger partial charge in [-0.05, 0) is 62.1 Å². The minimum Gasteiger partial charge on any atom is -0.491 e. The van der Waals surface area contributed by atoms with Crippen molar-refractivity contribution in [2.75, 3.05) is 26.2 Å². The van der Waals surface area contributed by atoms with Gasteiger partial charge in [-0.1, -0.05) is 28.5 Å². The number of nitrogens with zero attached hydrogens (tertiary/aromatic N) is 3. The topological polar surface area (TPSA) is 120 Å². The van der Waals surface area contributed by atoms with Gasteiger partial charge in [-0.2, -0.15) is 0 Å². The third kappa shape index (κ3) is 5.85. The van der Waals surface area contributed by atoms with E-state index in [2.05, 4.69) is 10.3 Å². The van der Waals surface area contributed by atoms with Crippen molar-refractivity contribution in [3.63, 3.8) is 0 Å². The summed E-state index contributed by atoms with van der Waals surface area (Å²) in [6.45, 7) is 2.32. The number of aromatic nitrogens is 2. The largest absolute Gasteiger partial charge is 0.491 e. The van der Waals surface area contributed by atoms with Crippen LogP contribution in [-0.4, -0.2) is 62.9 Å². The Labute approximate surface area is 202 Å². The fourth-order valence-corrected chi connectivity index (χ4v) is 4.55. The lowest BCUT2D eigenvalue weighted by atomic mass is 9.91. The number of hydrogen-bond acceptors (Lipinski definition) is 5. The highest BCUT2D eigenvalue weighted by molar-refractivity contribution is 6.30. The van der Waals surface area contributed by atoms with Gasteiger partial charge >= 0.3 is 17.8 Å². The zero-order valence-corrected chi connectivity index (χ0v) is 19.7. The van der Waals surface area contributed by atoms with Crippen LogP contribution >= 0.6 is 11.6 Å². The van der Waals surface area contributed by atoms with Gasteiger partial charge in [-0.15, -0.1) is 0 Å². The molecule has 0 unspecified atom stereocenters. The molecule has 2 aliphatic rings. The molecular formula is C23H30ClN5O5. The molecule has 4 rings (SSSR count). The number of aromatic amines is 1. The predicted molar refractivity (Wildman–Crippen MR) is 126 cm³/mol. The highest BCUT2D eigenvalue weighted by Gasteiger charge is 2.26. The summed E-state index contributed by atoms with van der Waals surface area (Å²) >= 11 is 5.93. The highest BCUT2D eigenvalue weighted by atomic mass is 35.5. The minimum absolute atomic E-state index is 0.0752. The molecule has 184 valence electrons. The second-order valence-corrected chi connectivity index (χ2v) is 9.27. The van der Waals surface area contributed by atoms with Crippen LogP contribution in [0.5, 0.6) is 5.88 Å². The number of aromatic hydroxyl groups is 1. The van der Waals surface area contributed by atoms with Gasteiger partial charge in [0.25, 0.3) is 5.88 Å². The molecule has 0 atom stereocenters. The Hall–Kier alpha value is -3.14. The Kier molecular flexibility index (Phi) is 7.66. The van der Waals surface area contributed by atoms with Crippen molar-refractivity contribution in [2.24, 2.45) is 5.92 Å². The first-order chi connectivity index (χ1) is 16.4. The van der Waals surface area contributed by atoms with Crippen molar-refractivity contribution in [1.29, 1.82) is 0 Å². The van der Waals surface area contributed by atoms with Gasteiger partial charge in [0, 0.05) is 31.2 Å². The average molecular weight is 492 g/mol. The van der Waals surface area contributed by atoms with Crippen LogP contribution in [-0.2, 0) is 13.0 Å². The highest BCUT2D eigenvalue weighted by Crippen LogP contribution is 2.23. The molecule has 0 radical (unpaired) electrons. The smallest absolute Gasteiger partial charge is 0.434 e. The zero-order chi connectivity index (χ0) is 24.1. The molecular weight excluding hydrogens is 462 g/mol. The summed E-state index contributed by atoms with van der Waals surface area (Å²) in [5, 5.41) is 13.7. The maximum absolute atomic E-state index is 12.6. The molecule has 2 aliphatic heterocycles. The standard InChI is InChI=1S/C23H30ClN5O5/c24-18-7-5-16(6-8-18)3-4-17-9-13-28(14-10-17)23(33)34-29-20(30)19(26-22(29)32)15-25-21(31)27-11-1-2-12-27/h5-8,17,30H,1-4,9-15H2,(H,25,31)(H,26,32). The number of aryl methyl sites for hydroxylation is 1. The summed E-state index contributed by atoms with van der Waals surface area (Å²) in [6, 6.07) is 7.58. The number of imidazole rings is 1. The second kappa shape index (κ2) is 10.9. The van der Waals surface area contributed by atoms with E-state index in [9.17, 15) is 19.5 Å². The lowest BCUT2D eigenvalue weighted by Gasteiger charge is -2.31. The Morgan fingerprint density at radius 1 is 1.09 bits per heavy atom. The molecule has 0 saturated carbocycles. The summed E-state index contributed by atoms with van der Waals surface area (Å²) in [7, 11) is 0. The Morgan fingerprint density at radius 2 is 1.76 bits per heavy atom. The number of urea groups is 1. The normalized spacial score (nSPS) is 16.6. The van der Waals surface area contributed by atoms with Crippen LogP contribution in [0.4, 0.5) is 9.59 Å². The molecule has 1 aromatic heterocycles. The van der Waals surface area contributed by atoms with E-state index in [1.54, 1.807) is 4.90 Å². The monoisotopic (exact) mass is 491 g/mol. The summed E-state index contributed by atoms with van der Waals surface area (Å²) in [5.41, 5.74) is 0.529. The molecule has 3 heterocycles. The molecule has 11 heteroatoms. The molecule has 2 aromatic rings. The van der Waals surface area contributed by atoms with Gasteiger partial charge in [-0.3, -0.25) is 0 Å². The van der Waals surface area contributed by atoms with Crippen molar-refractivity contribution < 1.29 is 19.5 Å². The summed E-state index contributed by atoms with van der Waals surface area (Å²) in [5.74, 6) is -0.0353. The predicted octanol–water partition coefficient (Wildman–Crippen LogP) is 2.73. The van der Waals surface area contributed by atoms with E-state index >= 15 is 0 Å². The zero-order valence-electron chi connectivity index (χ0n) is 19.0. The number of benzene rings is 1. The molecule has 0 bridgehead atoms. The van der Waals surface area contributed by atoms with Crippen LogP contribution in [0.3, 0.4) is 0 Å². The molecule has 0 spiro atoms. The lowest BCUT2D eigenvalue weighted by Crippen LogP contribution is -2.44. The van der Waals surface area contributed by atoms with Crippen molar-refractivity contribution in [1.82, 2.24) is 24.8 Å². The van der Waals surface area contributed by atoms with Crippen LogP contribution in [0.15, 0.2) is 29.1 Å². The molecule has 34 heavy (non-hydrogen) atoms. The van der Waals surface area contributed by atoms with E-state index in [1.807, 2.05) is 24.3 Å². The number of nitrogens with one attached hydrogen (secondary N) is 2. The molecule has 0 aliphatic carbocycles. The van der Waals surface area contributed by atoms with E-state index in [4.69, 9.17) is 16.4 Å². The van der Waals surface area contributed by atoms with Gasteiger partial charge < -0.3 is 30.0 Å². The second-order valence-electron chi connectivity index (χ2n) is 8.83. The Bertz CT molecular complexity index is 1050. The van der Waals surface area contributed by atoms with Crippen molar-refractivity contribution in [2.45, 2.75) is 45.1 Å². The van der Waals surface area contributed by atoms with E-state index in [0.717, 1.165) is 43.5 Å². The third-order valence-electron chi connectivity index (χ3n) is 6.51. The van der Waals surface area contributed by atoms with Crippen LogP contribution in [0.2, 0.25) is 5.02 Å². The van der Waals surface area contributed by atoms with Gasteiger partial charge in [0.2, 0.25) is 0 Å². The van der Waals surface area contributed by atoms with Crippen LogP contribution in [0.25, 0.3) is 0 Å². The van der Waals surface area contributed by atoms with Crippen molar-refractivity contribution in [3.05, 3.63) is 51.0 Å². The maximum Gasteiger partial charge on any atom is 0.434 e. The van der Waals surface area contributed by atoms with Gasteiger partial charge in [0.05, 0.1) is 6.54 Å². The molecule has 2 saturated heterocycles. The average Bonchev–Trinajstić information content (AvgIpc) is 3.47. The fraction of sp³-hybridized carbons (Fsp3) is 0.522. The molecule has 10 nitrogen and oxygen atoms in total. The van der Waals surface area contributed by atoms with Crippen LogP contribution in [0, 0.1) is 5.92 Å². The molecule has 1 aromatic carbocycles. The molecule has 3 N–H and O–H groups in total. The first-order valence-corrected chi connectivity index (χ1v) is 12.1. The van der Waals surface area contributed by atoms with Gasteiger partial charge in [0.1, 0.15) is 5.69 Å².